The maximum Gasteiger partial charge on any atom is 0.413 e. The fraction of sp³-hybridized carbons (Fsp3) is 0.368. The lowest BCUT2D eigenvalue weighted by atomic mass is 9.95. The van der Waals surface area contributed by atoms with Crippen molar-refractivity contribution in [2.24, 2.45) is 5.73 Å². The summed E-state index contributed by atoms with van der Waals surface area (Å²) in [6.07, 6.45) is -0.512. The number of thiazole rings is 2. The van der Waals surface area contributed by atoms with Crippen molar-refractivity contribution in [3.8, 4) is 11.3 Å². The largest absolute Gasteiger partial charge is 0.453 e. The number of nitrogens with zero attached hydrogens (tertiary/aromatic N) is 2. The highest BCUT2D eigenvalue weighted by Crippen LogP contribution is 2.42. The van der Waals surface area contributed by atoms with Gasteiger partial charge in [0.1, 0.15) is 0 Å². The number of hydrogen-bond donors (Lipinski definition) is 2. The van der Waals surface area contributed by atoms with E-state index in [0.717, 1.165) is 32.0 Å². The highest BCUT2D eigenvalue weighted by Gasteiger charge is 2.21. The molecular formula is C19H24N4O2S3. The van der Waals surface area contributed by atoms with Crippen molar-refractivity contribution in [2.75, 3.05) is 12.4 Å². The Kier molecular flexibility index (Phi) is 7.08. The van der Waals surface area contributed by atoms with E-state index in [1.54, 1.807) is 18.3 Å². The molecule has 0 bridgehead atoms. The average molecular weight is 437 g/mol. The van der Waals surface area contributed by atoms with E-state index in [4.69, 9.17) is 10.7 Å². The summed E-state index contributed by atoms with van der Waals surface area (Å²) in [6.45, 7) is 12.1. The number of amides is 1. The monoisotopic (exact) mass is 436 g/mol. The van der Waals surface area contributed by atoms with Gasteiger partial charge in [-0.3, -0.25) is 5.32 Å². The maximum atomic E-state index is 11.5. The SMILES string of the molecule is CC(N)=S.COC(=O)Nc1nc2c(C)c(C)c(C)c(-c3nc(C)sc3C)c2s1. The number of nitrogens with two attached hydrogens (primary N) is 1. The summed E-state index contributed by atoms with van der Waals surface area (Å²) in [5.41, 5.74) is 11.4. The van der Waals surface area contributed by atoms with Crippen LogP contribution in [0.1, 0.15) is 33.5 Å². The molecule has 3 aromatic rings. The van der Waals surface area contributed by atoms with E-state index < -0.39 is 6.09 Å². The Labute approximate surface area is 178 Å². The van der Waals surface area contributed by atoms with Gasteiger partial charge in [0.2, 0.25) is 0 Å². The lowest BCUT2D eigenvalue weighted by Crippen LogP contribution is -2.10. The van der Waals surface area contributed by atoms with E-state index in [9.17, 15) is 4.79 Å². The number of benzene rings is 1. The molecule has 0 fully saturated rings. The molecule has 0 unspecified atom stereocenters. The average Bonchev–Trinajstić information content (AvgIpc) is 3.15. The van der Waals surface area contributed by atoms with Gasteiger partial charge in [-0.15, -0.1) is 11.3 Å². The molecule has 0 aliphatic carbocycles. The topological polar surface area (TPSA) is 90.1 Å². The van der Waals surface area contributed by atoms with Gasteiger partial charge in [-0.25, -0.2) is 14.8 Å². The molecule has 3 N–H and O–H groups in total. The van der Waals surface area contributed by atoms with Crippen LogP contribution < -0.4 is 11.1 Å². The van der Waals surface area contributed by atoms with Crippen molar-refractivity contribution in [3.05, 3.63) is 26.6 Å². The van der Waals surface area contributed by atoms with Crippen LogP contribution in [0.2, 0.25) is 0 Å². The first-order valence-corrected chi connectivity index (χ1v) is 10.6. The number of thiocarbonyl (C=S) groups is 1. The predicted octanol–water partition coefficient (Wildman–Crippen LogP) is 5.43. The zero-order valence-corrected chi connectivity index (χ0v) is 19.5. The van der Waals surface area contributed by atoms with Crippen LogP contribution in [0.5, 0.6) is 0 Å². The summed E-state index contributed by atoms with van der Waals surface area (Å²) >= 11 is 7.47. The zero-order valence-electron chi connectivity index (χ0n) is 17.0. The van der Waals surface area contributed by atoms with E-state index in [1.807, 2.05) is 6.92 Å². The molecule has 0 aliphatic heterocycles. The number of carbonyl (C=O) groups is 1. The number of nitrogens with one attached hydrogen (secondary N) is 1. The lowest BCUT2D eigenvalue weighted by molar-refractivity contribution is 0.187. The molecule has 6 nitrogen and oxygen atoms in total. The van der Waals surface area contributed by atoms with Crippen LogP contribution >= 0.6 is 34.9 Å². The molecule has 0 saturated heterocycles. The van der Waals surface area contributed by atoms with E-state index in [0.29, 0.717) is 10.1 Å². The Morgan fingerprint density at radius 2 is 1.68 bits per heavy atom. The number of methoxy groups -OCH3 is 1. The first kappa shape index (κ1) is 22.2. The van der Waals surface area contributed by atoms with Gasteiger partial charge in [0.25, 0.3) is 0 Å². The van der Waals surface area contributed by atoms with Crippen LogP contribution in [-0.4, -0.2) is 28.2 Å². The Bertz CT molecular complexity index is 1050. The number of aromatic nitrogens is 2. The quantitative estimate of drug-likeness (QED) is 0.520. The molecular weight excluding hydrogens is 412 g/mol. The fourth-order valence-electron chi connectivity index (χ4n) is 2.80. The van der Waals surface area contributed by atoms with Crippen molar-refractivity contribution >= 4 is 61.3 Å². The van der Waals surface area contributed by atoms with Crippen LogP contribution in [-0.2, 0) is 4.74 Å². The van der Waals surface area contributed by atoms with Crippen LogP contribution in [0.15, 0.2) is 0 Å². The number of carbonyl (C=O) groups excluding carboxylic acids is 1. The molecule has 2 heterocycles. The summed E-state index contributed by atoms with van der Waals surface area (Å²) in [5.74, 6) is 0. The first-order valence-electron chi connectivity index (χ1n) is 8.52. The van der Waals surface area contributed by atoms with Gasteiger partial charge in [-0.1, -0.05) is 23.6 Å². The van der Waals surface area contributed by atoms with Gasteiger partial charge in [-0.05, 0) is 58.2 Å². The van der Waals surface area contributed by atoms with Gasteiger partial charge < -0.3 is 10.5 Å². The zero-order chi connectivity index (χ0) is 21.2. The molecule has 0 saturated carbocycles. The van der Waals surface area contributed by atoms with Gasteiger partial charge in [0.05, 0.1) is 33.0 Å². The van der Waals surface area contributed by atoms with Crippen molar-refractivity contribution in [2.45, 2.75) is 41.5 Å². The molecule has 0 atom stereocenters. The standard InChI is InChI=1S/C17H19N3O2S2.C2H5NS/c1-7-8(2)12(14-10(4)23-11(5)18-14)15-13(9(7)3)19-16(24-15)20-17(21)22-6;1-2(3)4/h1-6H3,(H,19,20,21);1H3,(H2,3,4). The number of anilines is 1. The highest BCUT2D eigenvalue weighted by molar-refractivity contribution is 7.80. The predicted molar refractivity (Wildman–Crippen MR) is 123 cm³/mol. The first-order chi connectivity index (χ1) is 13.1. The third kappa shape index (κ3) is 4.65. The molecule has 0 radical (unpaired) electrons. The minimum absolute atomic E-state index is 0.500. The second kappa shape index (κ2) is 8.93. The molecule has 3 rings (SSSR count). The number of ether oxygens (including phenoxy) is 1. The second-order valence-corrected chi connectivity index (χ2v) is 9.36. The van der Waals surface area contributed by atoms with Crippen LogP contribution in [0.3, 0.4) is 0 Å². The van der Waals surface area contributed by atoms with E-state index in [1.165, 1.54) is 34.5 Å². The third-order valence-electron chi connectivity index (χ3n) is 4.24. The van der Waals surface area contributed by atoms with Gasteiger partial charge in [0.15, 0.2) is 5.13 Å². The summed E-state index contributed by atoms with van der Waals surface area (Å²) in [7, 11) is 1.34. The van der Waals surface area contributed by atoms with Crippen LogP contribution in [0.25, 0.3) is 21.5 Å². The van der Waals surface area contributed by atoms with E-state index in [-0.39, 0.29) is 0 Å². The number of aryl methyl sites for hydroxylation is 3. The molecule has 0 spiro atoms. The second-order valence-electron chi connectivity index (χ2n) is 6.31. The van der Waals surface area contributed by atoms with E-state index in [2.05, 4.69) is 55.0 Å². The van der Waals surface area contributed by atoms with Crippen molar-refractivity contribution in [3.63, 3.8) is 0 Å². The lowest BCUT2D eigenvalue weighted by Gasteiger charge is -2.12. The molecule has 0 aliphatic rings. The normalized spacial score (nSPS) is 10.4. The molecule has 28 heavy (non-hydrogen) atoms. The number of rotatable bonds is 2. The van der Waals surface area contributed by atoms with Crippen LogP contribution in [0.4, 0.5) is 9.93 Å². The molecule has 150 valence electrons. The summed E-state index contributed by atoms with van der Waals surface area (Å²) in [4.78, 5) is 22.5. The Hall–Kier alpha value is -2.10. The minimum Gasteiger partial charge on any atom is -0.453 e. The van der Waals surface area contributed by atoms with Crippen molar-refractivity contribution in [1.82, 2.24) is 9.97 Å². The highest BCUT2D eigenvalue weighted by atomic mass is 32.1. The Balaban J connectivity index is 0.000000640. The Morgan fingerprint density at radius 3 is 2.18 bits per heavy atom. The maximum absolute atomic E-state index is 11.5. The van der Waals surface area contributed by atoms with Crippen molar-refractivity contribution < 1.29 is 9.53 Å². The van der Waals surface area contributed by atoms with Gasteiger partial charge in [-0.2, -0.15) is 0 Å². The molecule has 1 aromatic carbocycles. The number of hydrogen-bond acceptors (Lipinski definition) is 7. The van der Waals surface area contributed by atoms with Crippen molar-refractivity contribution in [1.29, 1.82) is 0 Å². The minimum atomic E-state index is -0.512. The Morgan fingerprint density at radius 1 is 1.07 bits per heavy atom. The summed E-state index contributed by atoms with van der Waals surface area (Å²) < 4.78 is 5.72. The molecule has 1 amide bonds. The third-order valence-corrected chi connectivity index (χ3v) is 6.12. The molecule has 2 aromatic heterocycles. The summed E-state index contributed by atoms with van der Waals surface area (Å²) in [5, 5.41) is 4.26. The smallest absolute Gasteiger partial charge is 0.413 e. The fourth-order valence-corrected chi connectivity index (χ4v) is 4.73. The van der Waals surface area contributed by atoms with Crippen LogP contribution in [0, 0.1) is 34.6 Å². The van der Waals surface area contributed by atoms with E-state index >= 15 is 0 Å². The molecule has 9 heteroatoms. The number of fused-ring (bicyclic) bond motifs is 1. The van der Waals surface area contributed by atoms with Gasteiger partial charge in [0, 0.05) is 10.4 Å². The van der Waals surface area contributed by atoms with Gasteiger partial charge >= 0.3 is 6.09 Å². The summed E-state index contributed by atoms with van der Waals surface area (Å²) in [6, 6.07) is 0.